The molecule has 0 spiro atoms. The van der Waals surface area contributed by atoms with Gasteiger partial charge in [-0.05, 0) is 22.9 Å². The van der Waals surface area contributed by atoms with E-state index < -0.39 is 6.10 Å². The molecule has 1 N–H and O–H groups in total. The van der Waals surface area contributed by atoms with E-state index >= 15 is 0 Å². The van der Waals surface area contributed by atoms with E-state index in [1.54, 1.807) is 6.92 Å². The summed E-state index contributed by atoms with van der Waals surface area (Å²) < 4.78 is 1.85. The van der Waals surface area contributed by atoms with Gasteiger partial charge in [0, 0.05) is 11.5 Å². The Kier molecular flexibility index (Phi) is 4.28. The van der Waals surface area contributed by atoms with Gasteiger partial charge in [-0.25, -0.2) is 4.98 Å². The quantitative estimate of drug-likeness (QED) is 0.846. The maximum atomic E-state index is 11.6. The first-order valence-electron chi connectivity index (χ1n) is 4.02. The molecule has 0 aliphatic carbocycles. The predicted octanol–water partition coefficient (Wildman–Crippen LogP) is 1.07. The smallest absolute Gasteiger partial charge is 0.267 e. The Morgan fingerprint density at radius 3 is 2.93 bits per heavy atom. The molecule has 0 aliphatic heterocycles. The maximum Gasteiger partial charge on any atom is 0.267 e. The van der Waals surface area contributed by atoms with Crippen LogP contribution in [0.1, 0.15) is 5.82 Å². The van der Waals surface area contributed by atoms with Crippen LogP contribution in [0.4, 0.5) is 0 Å². The Balaban J connectivity index is 3.07. The second-order valence-corrected chi connectivity index (χ2v) is 4.38. The third kappa shape index (κ3) is 2.65. The van der Waals surface area contributed by atoms with Crippen LogP contribution in [-0.4, -0.2) is 26.1 Å². The van der Waals surface area contributed by atoms with Crippen LogP contribution in [0.3, 0.4) is 0 Å². The van der Waals surface area contributed by atoms with Gasteiger partial charge in [-0.2, -0.15) is 0 Å². The summed E-state index contributed by atoms with van der Waals surface area (Å²) in [7, 11) is 0. The molecule has 14 heavy (non-hydrogen) atoms. The number of aryl methyl sites for hydroxylation is 1. The summed E-state index contributed by atoms with van der Waals surface area (Å²) in [6, 6.07) is 0. The minimum absolute atomic E-state index is 0.169. The van der Waals surface area contributed by atoms with Crippen LogP contribution in [0.25, 0.3) is 0 Å². The van der Waals surface area contributed by atoms with E-state index in [0.29, 0.717) is 15.6 Å². The van der Waals surface area contributed by atoms with Gasteiger partial charge in [0.1, 0.15) is 10.3 Å². The van der Waals surface area contributed by atoms with Crippen molar-refractivity contribution >= 4 is 31.9 Å². The van der Waals surface area contributed by atoms with E-state index in [1.807, 2.05) is 0 Å². The number of hydrogen-bond acceptors (Lipinski definition) is 3. The molecule has 4 nitrogen and oxygen atoms in total. The van der Waals surface area contributed by atoms with Crippen molar-refractivity contribution in [3.05, 3.63) is 26.8 Å². The summed E-state index contributed by atoms with van der Waals surface area (Å²) in [6.45, 7) is 1.98. The Morgan fingerprint density at radius 1 is 1.71 bits per heavy atom. The lowest BCUT2D eigenvalue weighted by atomic mass is 10.4. The van der Waals surface area contributed by atoms with E-state index in [0.717, 1.165) is 0 Å². The molecule has 1 aromatic rings. The van der Waals surface area contributed by atoms with Crippen molar-refractivity contribution in [1.82, 2.24) is 9.55 Å². The zero-order chi connectivity index (χ0) is 10.7. The summed E-state index contributed by atoms with van der Waals surface area (Å²) in [6.07, 6.45) is 0.886. The zero-order valence-electron chi connectivity index (χ0n) is 7.57. The van der Waals surface area contributed by atoms with Gasteiger partial charge in [-0.3, -0.25) is 9.36 Å². The van der Waals surface area contributed by atoms with Crippen molar-refractivity contribution in [1.29, 1.82) is 0 Å². The molecule has 1 rings (SSSR count). The highest BCUT2D eigenvalue weighted by Gasteiger charge is 2.09. The normalized spacial score (nSPS) is 12.9. The average Bonchev–Trinajstić information content (AvgIpc) is 2.18. The molecule has 1 atom stereocenters. The first kappa shape index (κ1) is 11.9. The first-order chi connectivity index (χ1) is 6.56. The topological polar surface area (TPSA) is 55.1 Å². The van der Waals surface area contributed by atoms with Crippen molar-refractivity contribution in [2.45, 2.75) is 19.6 Å². The van der Waals surface area contributed by atoms with Gasteiger partial charge in [-0.15, -0.1) is 0 Å². The van der Waals surface area contributed by atoms with Gasteiger partial charge < -0.3 is 5.11 Å². The molecule has 0 saturated carbocycles. The molecule has 0 saturated heterocycles. The van der Waals surface area contributed by atoms with Gasteiger partial charge in [-0.1, -0.05) is 15.9 Å². The lowest BCUT2D eigenvalue weighted by molar-refractivity contribution is 0.176. The van der Waals surface area contributed by atoms with Crippen LogP contribution in [0.5, 0.6) is 0 Å². The minimum atomic E-state index is -0.581. The molecule has 0 aromatic carbocycles. The minimum Gasteiger partial charge on any atom is -0.390 e. The lowest BCUT2D eigenvalue weighted by Gasteiger charge is -2.12. The molecule has 0 amide bonds. The monoisotopic (exact) mass is 324 g/mol. The van der Waals surface area contributed by atoms with Crippen LogP contribution in [-0.2, 0) is 6.54 Å². The van der Waals surface area contributed by atoms with Gasteiger partial charge in [0.05, 0.1) is 12.6 Å². The number of hydrogen-bond donors (Lipinski definition) is 1. The summed E-state index contributed by atoms with van der Waals surface area (Å²) in [5.74, 6) is 0.596. The second kappa shape index (κ2) is 5.04. The molecule has 0 radical (unpaired) electrons. The molecule has 6 heteroatoms. The van der Waals surface area contributed by atoms with Crippen molar-refractivity contribution in [2.75, 3.05) is 5.33 Å². The van der Waals surface area contributed by atoms with Gasteiger partial charge in [0.2, 0.25) is 0 Å². The Labute approximate surface area is 98.2 Å². The fourth-order valence-electron chi connectivity index (χ4n) is 1.03. The molecule has 1 unspecified atom stereocenters. The van der Waals surface area contributed by atoms with Crippen LogP contribution in [0.2, 0.25) is 0 Å². The Morgan fingerprint density at radius 2 is 2.36 bits per heavy atom. The van der Waals surface area contributed by atoms with E-state index in [1.165, 1.54) is 10.8 Å². The third-order valence-electron chi connectivity index (χ3n) is 1.78. The van der Waals surface area contributed by atoms with Gasteiger partial charge >= 0.3 is 0 Å². The molecule has 78 valence electrons. The summed E-state index contributed by atoms with van der Waals surface area (Å²) >= 11 is 6.25. The number of aromatic nitrogens is 2. The van der Waals surface area contributed by atoms with Crippen LogP contribution in [0.15, 0.2) is 15.5 Å². The number of nitrogens with zero attached hydrogens (tertiary/aromatic N) is 2. The van der Waals surface area contributed by atoms with E-state index in [4.69, 9.17) is 0 Å². The second-order valence-electron chi connectivity index (χ2n) is 2.88. The molecule has 0 aliphatic rings. The van der Waals surface area contributed by atoms with Crippen LogP contribution in [0, 0.1) is 6.92 Å². The lowest BCUT2D eigenvalue weighted by Crippen LogP contribution is -2.30. The van der Waals surface area contributed by atoms with Gasteiger partial charge in [0.25, 0.3) is 5.56 Å². The van der Waals surface area contributed by atoms with Crippen molar-refractivity contribution in [2.24, 2.45) is 0 Å². The molecule has 0 bridgehead atoms. The molecule has 1 heterocycles. The third-order valence-corrected chi connectivity index (χ3v) is 3.07. The largest absolute Gasteiger partial charge is 0.390 e. The molecule has 1 aromatic heterocycles. The van der Waals surface area contributed by atoms with Crippen molar-refractivity contribution < 1.29 is 5.11 Å². The fourth-order valence-corrected chi connectivity index (χ4v) is 1.55. The van der Waals surface area contributed by atoms with E-state index in [-0.39, 0.29) is 12.1 Å². The van der Waals surface area contributed by atoms with Crippen molar-refractivity contribution in [3.8, 4) is 0 Å². The highest BCUT2D eigenvalue weighted by Crippen LogP contribution is 2.03. The number of aliphatic hydroxyl groups is 1. The Hall–Kier alpha value is -0.200. The molecule has 0 fully saturated rings. The highest BCUT2D eigenvalue weighted by molar-refractivity contribution is 9.10. The average molecular weight is 326 g/mol. The number of alkyl halides is 1. The van der Waals surface area contributed by atoms with E-state index in [9.17, 15) is 9.90 Å². The predicted molar refractivity (Wildman–Crippen MR) is 60.7 cm³/mol. The fraction of sp³-hybridized carbons (Fsp3) is 0.500. The standard InChI is InChI=1S/C8H10Br2N2O2/c1-5-11-3-7(10)8(14)12(5)4-6(13)2-9/h3,6,13H,2,4H2,1H3. The number of aliphatic hydroxyl groups excluding tert-OH is 1. The highest BCUT2D eigenvalue weighted by atomic mass is 79.9. The number of halogens is 2. The Bertz CT molecular complexity index is 378. The van der Waals surface area contributed by atoms with Gasteiger partial charge in [0.15, 0.2) is 0 Å². The van der Waals surface area contributed by atoms with E-state index in [2.05, 4.69) is 36.8 Å². The van der Waals surface area contributed by atoms with Crippen molar-refractivity contribution in [3.63, 3.8) is 0 Å². The summed E-state index contributed by atoms with van der Waals surface area (Å²) in [4.78, 5) is 15.6. The van der Waals surface area contributed by atoms with Crippen LogP contribution < -0.4 is 5.56 Å². The molecular formula is C8H10Br2N2O2. The summed E-state index contributed by atoms with van der Waals surface area (Å²) in [5, 5.41) is 9.84. The summed E-state index contributed by atoms with van der Waals surface area (Å²) in [5.41, 5.74) is -0.169. The maximum absolute atomic E-state index is 11.6. The van der Waals surface area contributed by atoms with Crippen LogP contribution >= 0.6 is 31.9 Å². The first-order valence-corrected chi connectivity index (χ1v) is 5.93. The molecular weight excluding hydrogens is 316 g/mol. The SMILES string of the molecule is Cc1ncc(Br)c(=O)n1CC(O)CBr. The zero-order valence-corrected chi connectivity index (χ0v) is 10.7. The number of rotatable bonds is 3.